The number of hydrogen-bond acceptors (Lipinski definition) is 4. The quantitative estimate of drug-likeness (QED) is 0.486. The number of ketones is 1. The van der Waals surface area contributed by atoms with E-state index in [1.165, 1.54) is 24.3 Å². The molecule has 1 heterocycles. The second kappa shape index (κ2) is 7.02. The Morgan fingerprint density at radius 2 is 1.76 bits per heavy atom. The molecular weight excluding hydrogens is 350 g/mol. The summed E-state index contributed by atoms with van der Waals surface area (Å²) in [5.41, 5.74) is 1.24. The summed E-state index contributed by atoms with van der Waals surface area (Å²) in [7, 11) is 0. The van der Waals surface area contributed by atoms with E-state index in [-0.39, 0.29) is 5.69 Å². The molecule has 25 heavy (non-hydrogen) atoms. The van der Waals surface area contributed by atoms with Crippen LogP contribution in [0.25, 0.3) is 0 Å². The molecule has 0 saturated heterocycles. The van der Waals surface area contributed by atoms with Gasteiger partial charge >= 0.3 is 0 Å². The average Bonchev–Trinajstić information content (AvgIpc) is 2.91. The molecule has 0 saturated carbocycles. The maximum atomic E-state index is 12.4. The number of fused-ring (bicyclic) bond motifs is 1. The van der Waals surface area contributed by atoms with Crippen LogP contribution in [-0.2, 0) is 14.4 Å². The van der Waals surface area contributed by atoms with E-state index in [9.17, 15) is 23.2 Å². The number of thioether (sulfide) groups is 1. The first-order valence-electron chi connectivity index (χ1n) is 7.25. The minimum atomic E-state index is -2.54. The van der Waals surface area contributed by atoms with Gasteiger partial charge < -0.3 is 10.6 Å². The molecule has 0 unspecified atom stereocenters. The molecule has 0 fully saturated rings. The third-order valence-electron chi connectivity index (χ3n) is 3.62. The molecule has 2 N–H and O–H groups in total. The normalized spacial score (nSPS) is 15.6. The Labute approximate surface area is 145 Å². The molecule has 0 bridgehead atoms. The van der Waals surface area contributed by atoms with Gasteiger partial charge in [0.1, 0.15) is 5.92 Å². The summed E-state index contributed by atoms with van der Waals surface area (Å²) >= 11 is 0.379. The van der Waals surface area contributed by atoms with Crippen molar-refractivity contribution in [3.8, 4) is 0 Å². The summed E-state index contributed by atoms with van der Waals surface area (Å²) in [6, 6.07) is 12.3. The Bertz CT molecular complexity index is 840. The van der Waals surface area contributed by atoms with Crippen molar-refractivity contribution in [1.29, 1.82) is 0 Å². The Morgan fingerprint density at radius 3 is 2.44 bits per heavy atom. The Morgan fingerprint density at radius 1 is 1.08 bits per heavy atom. The number of alkyl halides is 2. The lowest BCUT2D eigenvalue weighted by atomic mass is 9.95. The number of halogens is 2. The summed E-state index contributed by atoms with van der Waals surface area (Å²) in [6.45, 7) is 0. The van der Waals surface area contributed by atoms with Crippen LogP contribution >= 0.6 is 11.8 Å². The number of anilines is 2. The van der Waals surface area contributed by atoms with Crippen LogP contribution < -0.4 is 10.6 Å². The molecule has 1 aliphatic rings. The minimum Gasteiger partial charge on any atom is -0.325 e. The van der Waals surface area contributed by atoms with E-state index >= 15 is 0 Å². The highest BCUT2D eigenvalue weighted by Gasteiger charge is 2.39. The van der Waals surface area contributed by atoms with Gasteiger partial charge in [0.2, 0.25) is 11.7 Å². The lowest BCUT2D eigenvalue weighted by molar-refractivity contribution is -0.138. The van der Waals surface area contributed by atoms with Gasteiger partial charge in [-0.15, -0.1) is 0 Å². The van der Waals surface area contributed by atoms with Gasteiger partial charge in [-0.05, 0) is 35.9 Å². The molecule has 0 spiro atoms. The number of amides is 2. The van der Waals surface area contributed by atoms with Crippen molar-refractivity contribution < 1.29 is 23.2 Å². The molecule has 3 rings (SSSR count). The molecule has 1 atom stereocenters. The van der Waals surface area contributed by atoms with E-state index in [2.05, 4.69) is 10.6 Å². The molecule has 2 aromatic rings. The standard InChI is InChI=1S/C17H12F2N2O3S/c18-17(19)25-10-7-5-9(6-8-10)20-16(24)14(22)13-11-3-1-2-4-12(11)21-15(13)23/h1-8,13,17H,(H,20,24)(H,21,23)/t13-/m1/s1. The summed E-state index contributed by atoms with van der Waals surface area (Å²) in [4.78, 5) is 36.8. The smallest absolute Gasteiger partial charge is 0.292 e. The van der Waals surface area contributed by atoms with Crippen molar-refractivity contribution in [3.63, 3.8) is 0 Å². The number of para-hydroxylation sites is 1. The SMILES string of the molecule is O=C(Nc1ccc(SC(F)F)cc1)C(=O)[C@@H]1C(=O)Nc2ccccc21. The minimum absolute atomic E-state index is 0.281. The van der Waals surface area contributed by atoms with Crippen LogP contribution in [0, 0.1) is 0 Å². The topological polar surface area (TPSA) is 75.3 Å². The number of carbonyl (C=O) groups is 3. The van der Waals surface area contributed by atoms with Crippen molar-refractivity contribution in [2.45, 2.75) is 16.6 Å². The summed E-state index contributed by atoms with van der Waals surface area (Å²) < 4.78 is 24.6. The fourth-order valence-electron chi connectivity index (χ4n) is 2.51. The second-order valence-electron chi connectivity index (χ2n) is 5.23. The van der Waals surface area contributed by atoms with E-state index in [1.54, 1.807) is 24.3 Å². The highest BCUT2D eigenvalue weighted by atomic mass is 32.2. The fraction of sp³-hybridized carbons (Fsp3) is 0.118. The number of hydrogen-bond donors (Lipinski definition) is 2. The van der Waals surface area contributed by atoms with Gasteiger partial charge in [0, 0.05) is 16.3 Å². The van der Waals surface area contributed by atoms with Gasteiger partial charge in [-0.1, -0.05) is 30.0 Å². The molecule has 0 aliphatic carbocycles. The summed E-state index contributed by atoms with van der Waals surface area (Å²) in [6.07, 6.45) is 0. The molecule has 2 aromatic carbocycles. The van der Waals surface area contributed by atoms with E-state index < -0.39 is 29.3 Å². The number of rotatable bonds is 5. The Hall–Kier alpha value is -2.74. The first-order valence-corrected chi connectivity index (χ1v) is 8.13. The van der Waals surface area contributed by atoms with Crippen molar-refractivity contribution >= 4 is 40.7 Å². The van der Waals surface area contributed by atoms with E-state index in [1.807, 2.05) is 0 Å². The highest BCUT2D eigenvalue weighted by molar-refractivity contribution is 7.99. The monoisotopic (exact) mass is 362 g/mol. The van der Waals surface area contributed by atoms with E-state index in [0.717, 1.165) is 0 Å². The van der Waals surface area contributed by atoms with Crippen LogP contribution in [-0.4, -0.2) is 23.4 Å². The van der Waals surface area contributed by atoms with Crippen LogP contribution in [0.1, 0.15) is 11.5 Å². The number of carbonyl (C=O) groups excluding carboxylic acids is 3. The van der Waals surface area contributed by atoms with Crippen LogP contribution in [0.3, 0.4) is 0 Å². The largest absolute Gasteiger partial charge is 0.325 e. The zero-order valence-corrected chi connectivity index (χ0v) is 13.5. The molecule has 0 aromatic heterocycles. The van der Waals surface area contributed by atoms with Gasteiger partial charge in [0.25, 0.3) is 11.7 Å². The van der Waals surface area contributed by atoms with Gasteiger partial charge in [0.05, 0.1) is 0 Å². The molecule has 5 nitrogen and oxygen atoms in total. The number of benzene rings is 2. The third kappa shape index (κ3) is 3.69. The van der Waals surface area contributed by atoms with Gasteiger partial charge in [-0.3, -0.25) is 14.4 Å². The lowest BCUT2D eigenvalue weighted by Gasteiger charge is -2.09. The zero-order chi connectivity index (χ0) is 18.0. The first kappa shape index (κ1) is 17.1. The Balaban J connectivity index is 1.71. The maximum Gasteiger partial charge on any atom is 0.292 e. The molecule has 2 amide bonds. The summed E-state index contributed by atoms with van der Waals surface area (Å²) in [5.74, 6) is -6.10. The van der Waals surface area contributed by atoms with Crippen molar-refractivity contribution in [2.75, 3.05) is 10.6 Å². The molecule has 1 aliphatic heterocycles. The molecule has 128 valence electrons. The van der Waals surface area contributed by atoms with Crippen LogP contribution in [0.15, 0.2) is 53.4 Å². The second-order valence-corrected chi connectivity index (χ2v) is 6.29. The van der Waals surface area contributed by atoms with Crippen LogP contribution in [0.2, 0.25) is 0 Å². The number of nitrogens with one attached hydrogen (secondary N) is 2. The molecular formula is C17H12F2N2O3S. The first-order chi connectivity index (χ1) is 12.0. The highest BCUT2D eigenvalue weighted by Crippen LogP contribution is 2.33. The van der Waals surface area contributed by atoms with Gasteiger partial charge in [0.15, 0.2) is 0 Å². The van der Waals surface area contributed by atoms with Crippen LogP contribution in [0.5, 0.6) is 0 Å². The average molecular weight is 362 g/mol. The fourth-order valence-corrected chi connectivity index (χ4v) is 3.01. The van der Waals surface area contributed by atoms with Gasteiger partial charge in [-0.25, -0.2) is 0 Å². The predicted octanol–water partition coefficient (Wildman–Crippen LogP) is 3.24. The van der Waals surface area contributed by atoms with Crippen LogP contribution in [0.4, 0.5) is 20.2 Å². The predicted molar refractivity (Wildman–Crippen MR) is 89.8 cm³/mol. The number of Topliss-reactive ketones (excluding diaryl/α,β-unsaturated/α-hetero) is 1. The molecule has 8 heteroatoms. The molecule has 0 radical (unpaired) electrons. The van der Waals surface area contributed by atoms with Crippen molar-refractivity contribution in [3.05, 3.63) is 54.1 Å². The van der Waals surface area contributed by atoms with Gasteiger partial charge in [-0.2, -0.15) is 8.78 Å². The lowest BCUT2D eigenvalue weighted by Crippen LogP contribution is -2.31. The van der Waals surface area contributed by atoms with E-state index in [0.29, 0.717) is 27.9 Å². The third-order valence-corrected chi connectivity index (χ3v) is 4.34. The van der Waals surface area contributed by atoms with Crippen molar-refractivity contribution in [1.82, 2.24) is 0 Å². The van der Waals surface area contributed by atoms with Crippen molar-refractivity contribution in [2.24, 2.45) is 0 Å². The Kier molecular flexibility index (Phi) is 4.80. The zero-order valence-electron chi connectivity index (χ0n) is 12.7. The summed E-state index contributed by atoms with van der Waals surface area (Å²) in [5, 5.41) is 4.94. The van der Waals surface area contributed by atoms with E-state index in [4.69, 9.17) is 0 Å². The maximum absolute atomic E-state index is 12.4.